The quantitative estimate of drug-likeness (QED) is 0.753. The average Bonchev–Trinajstić information content (AvgIpc) is 2.71. The molecule has 3 aromatic rings. The number of carbonyl (C=O) groups is 2. The average molecular weight is 357 g/mol. The van der Waals surface area contributed by atoms with Gasteiger partial charge in [-0.3, -0.25) is 9.59 Å². The molecule has 0 spiro atoms. The lowest BCUT2D eigenvalue weighted by atomic mass is 10.00. The first-order chi connectivity index (χ1) is 13.1. The minimum absolute atomic E-state index is 0.0163. The summed E-state index contributed by atoms with van der Waals surface area (Å²) in [4.78, 5) is 26.0. The van der Waals surface area contributed by atoms with Crippen LogP contribution in [0.2, 0.25) is 0 Å². The molecule has 0 aromatic heterocycles. The van der Waals surface area contributed by atoms with E-state index < -0.39 is 12.1 Å². The SMILES string of the molecule is NC(=O)CN1c2ccccc2C(=O)NC1c1ccc(-c2ccccc2)cc1. The Hall–Kier alpha value is -3.60. The molecule has 0 radical (unpaired) electrons. The molecule has 1 unspecified atom stereocenters. The molecule has 0 fully saturated rings. The Balaban J connectivity index is 1.71. The zero-order valence-electron chi connectivity index (χ0n) is 14.6. The van der Waals surface area contributed by atoms with E-state index >= 15 is 0 Å². The van der Waals surface area contributed by atoms with Gasteiger partial charge in [0.05, 0.1) is 17.8 Å². The van der Waals surface area contributed by atoms with Crippen molar-refractivity contribution in [3.63, 3.8) is 0 Å². The van der Waals surface area contributed by atoms with Crippen molar-refractivity contribution in [1.82, 2.24) is 5.32 Å². The summed E-state index contributed by atoms with van der Waals surface area (Å²) in [5, 5.41) is 2.98. The fraction of sp³-hybridized carbons (Fsp3) is 0.0909. The van der Waals surface area contributed by atoms with Crippen molar-refractivity contribution in [3.05, 3.63) is 90.0 Å². The first-order valence-corrected chi connectivity index (χ1v) is 8.74. The second-order valence-corrected chi connectivity index (χ2v) is 6.48. The fourth-order valence-electron chi connectivity index (χ4n) is 3.43. The number of rotatable bonds is 4. The van der Waals surface area contributed by atoms with Crippen LogP contribution in [0.25, 0.3) is 11.1 Å². The molecular weight excluding hydrogens is 338 g/mol. The van der Waals surface area contributed by atoms with Crippen LogP contribution in [-0.2, 0) is 4.79 Å². The zero-order chi connectivity index (χ0) is 18.8. The molecule has 0 bridgehead atoms. The van der Waals surface area contributed by atoms with Gasteiger partial charge in [0.25, 0.3) is 5.91 Å². The van der Waals surface area contributed by atoms with Gasteiger partial charge in [-0.15, -0.1) is 0 Å². The van der Waals surface area contributed by atoms with Crippen molar-refractivity contribution in [2.24, 2.45) is 5.73 Å². The van der Waals surface area contributed by atoms with Crippen LogP contribution < -0.4 is 16.0 Å². The van der Waals surface area contributed by atoms with Crippen molar-refractivity contribution >= 4 is 17.5 Å². The van der Waals surface area contributed by atoms with Crippen LogP contribution in [0.3, 0.4) is 0 Å². The van der Waals surface area contributed by atoms with Gasteiger partial charge in [-0.05, 0) is 28.8 Å². The molecule has 0 saturated carbocycles. The van der Waals surface area contributed by atoms with E-state index in [9.17, 15) is 9.59 Å². The van der Waals surface area contributed by atoms with Crippen LogP contribution in [0.1, 0.15) is 22.1 Å². The van der Waals surface area contributed by atoms with E-state index in [4.69, 9.17) is 5.73 Å². The van der Waals surface area contributed by atoms with E-state index in [2.05, 4.69) is 5.32 Å². The number of nitrogens with one attached hydrogen (secondary N) is 1. The van der Waals surface area contributed by atoms with E-state index in [-0.39, 0.29) is 12.5 Å². The van der Waals surface area contributed by atoms with Crippen LogP contribution in [0.5, 0.6) is 0 Å². The Bertz CT molecular complexity index is 984. The normalized spacial score (nSPS) is 15.8. The van der Waals surface area contributed by atoms with Crippen LogP contribution in [0.4, 0.5) is 5.69 Å². The Morgan fingerprint density at radius 1 is 0.889 bits per heavy atom. The molecule has 0 saturated heterocycles. The van der Waals surface area contributed by atoms with Crippen LogP contribution in [0, 0.1) is 0 Å². The summed E-state index contributed by atoms with van der Waals surface area (Å²) in [7, 11) is 0. The van der Waals surface area contributed by atoms with Crippen LogP contribution in [-0.4, -0.2) is 18.4 Å². The zero-order valence-corrected chi connectivity index (χ0v) is 14.6. The van der Waals surface area contributed by atoms with Crippen LogP contribution in [0.15, 0.2) is 78.9 Å². The molecule has 0 aliphatic carbocycles. The van der Waals surface area contributed by atoms with Gasteiger partial charge >= 0.3 is 0 Å². The maximum Gasteiger partial charge on any atom is 0.255 e. The summed E-state index contributed by atoms with van der Waals surface area (Å²) < 4.78 is 0. The third-order valence-electron chi connectivity index (χ3n) is 4.70. The smallest absolute Gasteiger partial charge is 0.255 e. The molecular formula is C22H19N3O2. The molecule has 5 nitrogen and oxygen atoms in total. The molecule has 134 valence electrons. The number of benzene rings is 3. The number of hydrogen-bond donors (Lipinski definition) is 2. The van der Waals surface area contributed by atoms with Gasteiger partial charge in [0.15, 0.2) is 0 Å². The maximum atomic E-state index is 12.5. The third kappa shape index (κ3) is 3.27. The van der Waals surface area contributed by atoms with E-state index in [0.717, 1.165) is 16.7 Å². The standard InChI is InChI=1S/C22H19N3O2/c23-20(26)14-25-19-9-5-4-8-18(19)22(27)24-21(25)17-12-10-16(11-13-17)15-6-2-1-3-7-15/h1-13,21H,14H2,(H2,23,26)(H,24,27). The Morgan fingerprint density at radius 2 is 1.52 bits per heavy atom. The highest BCUT2D eigenvalue weighted by molar-refractivity contribution is 6.02. The molecule has 5 heteroatoms. The summed E-state index contributed by atoms with van der Waals surface area (Å²) in [6, 6.07) is 25.3. The van der Waals surface area contributed by atoms with Crippen LogP contribution >= 0.6 is 0 Å². The van der Waals surface area contributed by atoms with Crippen molar-refractivity contribution in [2.75, 3.05) is 11.4 Å². The van der Waals surface area contributed by atoms with Gasteiger partial charge in [0.1, 0.15) is 6.17 Å². The first kappa shape index (κ1) is 16.8. The van der Waals surface area contributed by atoms with Crippen molar-refractivity contribution < 1.29 is 9.59 Å². The monoisotopic (exact) mass is 357 g/mol. The fourth-order valence-corrected chi connectivity index (χ4v) is 3.43. The van der Waals surface area contributed by atoms with Gasteiger partial charge in [-0.25, -0.2) is 0 Å². The molecule has 1 aliphatic rings. The first-order valence-electron chi connectivity index (χ1n) is 8.74. The number of amides is 2. The lowest BCUT2D eigenvalue weighted by Gasteiger charge is -2.38. The van der Waals surface area contributed by atoms with Crippen molar-refractivity contribution in [2.45, 2.75) is 6.17 Å². The molecule has 3 aromatic carbocycles. The van der Waals surface area contributed by atoms with E-state index in [1.165, 1.54) is 0 Å². The van der Waals surface area contributed by atoms with Crippen molar-refractivity contribution in [1.29, 1.82) is 0 Å². The number of primary amides is 1. The summed E-state index contributed by atoms with van der Waals surface area (Å²) in [5.41, 5.74) is 9.80. The highest BCUT2D eigenvalue weighted by Crippen LogP contribution is 2.33. The summed E-state index contributed by atoms with van der Waals surface area (Å²) in [6.07, 6.45) is -0.454. The summed E-state index contributed by atoms with van der Waals surface area (Å²) >= 11 is 0. The Morgan fingerprint density at radius 3 is 2.22 bits per heavy atom. The number of para-hydroxylation sites is 1. The lowest BCUT2D eigenvalue weighted by molar-refractivity contribution is -0.116. The highest BCUT2D eigenvalue weighted by atomic mass is 16.2. The van der Waals surface area contributed by atoms with Gasteiger partial charge in [0.2, 0.25) is 5.91 Å². The molecule has 2 amide bonds. The topological polar surface area (TPSA) is 75.4 Å². The predicted molar refractivity (Wildman–Crippen MR) is 105 cm³/mol. The van der Waals surface area contributed by atoms with Gasteiger partial charge < -0.3 is 16.0 Å². The van der Waals surface area contributed by atoms with E-state index in [1.807, 2.05) is 71.6 Å². The second kappa shape index (κ2) is 6.96. The number of nitrogens with two attached hydrogens (primary N) is 1. The van der Waals surface area contributed by atoms with E-state index in [1.54, 1.807) is 12.1 Å². The minimum Gasteiger partial charge on any atom is -0.368 e. The van der Waals surface area contributed by atoms with Crippen molar-refractivity contribution in [3.8, 4) is 11.1 Å². The molecule has 1 heterocycles. The summed E-state index contributed by atoms with van der Waals surface area (Å²) in [6.45, 7) is 0.0163. The number of hydrogen-bond acceptors (Lipinski definition) is 3. The predicted octanol–water partition coefficient (Wildman–Crippen LogP) is 3.09. The Kier molecular flexibility index (Phi) is 4.34. The second-order valence-electron chi connectivity index (χ2n) is 6.48. The maximum absolute atomic E-state index is 12.5. The van der Waals surface area contributed by atoms with E-state index in [0.29, 0.717) is 11.3 Å². The molecule has 27 heavy (non-hydrogen) atoms. The lowest BCUT2D eigenvalue weighted by Crippen LogP contribution is -2.49. The minimum atomic E-state index is -0.454. The highest BCUT2D eigenvalue weighted by Gasteiger charge is 2.32. The number of nitrogens with zero attached hydrogens (tertiary/aromatic N) is 1. The number of carbonyl (C=O) groups excluding carboxylic acids is 2. The largest absolute Gasteiger partial charge is 0.368 e. The third-order valence-corrected chi connectivity index (χ3v) is 4.70. The molecule has 1 atom stereocenters. The summed E-state index contributed by atoms with van der Waals surface area (Å²) in [5.74, 6) is -0.615. The molecule has 4 rings (SSSR count). The van der Waals surface area contributed by atoms with Gasteiger partial charge in [-0.1, -0.05) is 66.7 Å². The van der Waals surface area contributed by atoms with Gasteiger partial charge in [0, 0.05) is 0 Å². The Labute approximate surface area is 157 Å². The number of fused-ring (bicyclic) bond motifs is 1. The number of anilines is 1. The molecule has 1 aliphatic heterocycles. The molecule has 3 N–H and O–H groups in total. The van der Waals surface area contributed by atoms with Gasteiger partial charge in [-0.2, -0.15) is 0 Å².